The van der Waals surface area contributed by atoms with Crippen molar-refractivity contribution in [2.75, 3.05) is 32.0 Å². The molecule has 6 unspecified atom stereocenters. The first kappa shape index (κ1) is 26.9. The number of benzene rings is 1. The van der Waals surface area contributed by atoms with Crippen LogP contribution in [-0.4, -0.2) is 94.0 Å². The second-order valence-electron chi connectivity index (χ2n) is 13.5. The van der Waals surface area contributed by atoms with Crippen molar-refractivity contribution in [2.45, 2.75) is 82.6 Å². The molecular formula is C31H41N5O5. The molecule has 41 heavy (non-hydrogen) atoms. The zero-order valence-corrected chi connectivity index (χ0v) is 24.5. The Morgan fingerprint density at radius 1 is 1.22 bits per heavy atom. The molecule has 7 rings (SSSR count). The molecule has 3 amide bonds. The van der Waals surface area contributed by atoms with Crippen LogP contribution >= 0.6 is 0 Å². The largest absolute Gasteiger partial charge is 0.384 e. The molecule has 3 N–H and O–H groups in total. The van der Waals surface area contributed by atoms with Gasteiger partial charge in [0.1, 0.15) is 12.1 Å². The molecule has 3 saturated heterocycles. The molecule has 5 aliphatic heterocycles. The summed E-state index contributed by atoms with van der Waals surface area (Å²) >= 11 is 0. The maximum absolute atomic E-state index is 14.3. The van der Waals surface area contributed by atoms with E-state index in [1.165, 1.54) is 21.7 Å². The second kappa shape index (κ2) is 9.02. The maximum atomic E-state index is 14.3. The number of nitrogens with zero attached hydrogens (tertiary/aromatic N) is 3. The second-order valence-corrected chi connectivity index (χ2v) is 13.5. The van der Waals surface area contributed by atoms with Crippen LogP contribution in [0.25, 0.3) is 5.57 Å². The summed E-state index contributed by atoms with van der Waals surface area (Å²) in [7, 11) is 2.06. The van der Waals surface area contributed by atoms with Gasteiger partial charge in [0.05, 0.1) is 5.92 Å². The molecule has 0 spiro atoms. The van der Waals surface area contributed by atoms with Gasteiger partial charge in [0.15, 0.2) is 0 Å². The van der Waals surface area contributed by atoms with E-state index in [1.807, 2.05) is 27.7 Å². The first-order valence-electron chi connectivity index (χ1n) is 15.2. The molecule has 0 aromatic heterocycles. The molecule has 10 heteroatoms. The Morgan fingerprint density at radius 3 is 2.73 bits per heavy atom. The molecule has 10 nitrogen and oxygen atoms in total. The van der Waals surface area contributed by atoms with Gasteiger partial charge in [-0.1, -0.05) is 45.9 Å². The van der Waals surface area contributed by atoms with Crippen LogP contribution in [0.2, 0.25) is 0 Å². The minimum Gasteiger partial charge on any atom is -0.384 e. The highest BCUT2D eigenvalue weighted by molar-refractivity contribution is 5.98. The number of hydrogen-bond donors (Lipinski definition) is 3. The van der Waals surface area contributed by atoms with Crippen molar-refractivity contribution in [1.29, 1.82) is 0 Å². The molecule has 6 aliphatic rings. The van der Waals surface area contributed by atoms with E-state index in [0.717, 1.165) is 25.0 Å². The molecule has 5 heterocycles. The number of rotatable bonds is 4. The van der Waals surface area contributed by atoms with E-state index in [9.17, 15) is 19.5 Å². The first-order chi connectivity index (χ1) is 19.5. The fraction of sp³-hybridized carbons (Fsp3) is 0.645. The Labute approximate surface area is 241 Å². The number of carbonyl (C=O) groups is 3. The van der Waals surface area contributed by atoms with Crippen LogP contribution in [-0.2, 0) is 19.1 Å². The van der Waals surface area contributed by atoms with E-state index < -0.39 is 41.5 Å². The first-order valence-corrected chi connectivity index (χ1v) is 15.2. The van der Waals surface area contributed by atoms with Crippen LogP contribution < -0.4 is 10.6 Å². The van der Waals surface area contributed by atoms with Gasteiger partial charge in [0.2, 0.25) is 17.5 Å². The number of piperazine rings is 1. The number of hydrogen-bond acceptors (Lipinski definition) is 7. The average molecular weight is 564 g/mol. The molecular weight excluding hydrogens is 522 g/mol. The van der Waals surface area contributed by atoms with Crippen molar-refractivity contribution < 1.29 is 24.2 Å². The van der Waals surface area contributed by atoms with E-state index >= 15 is 0 Å². The average Bonchev–Trinajstić information content (AvgIpc) is 3.64. The monoisotopic (exact) mass is 563 g/mol. The Balaban J connectivity index is 1.24. The lowest BCUT2D eigenvalue weighted by Crippen LogP contribution is -2.72. The van der Waals surface area contributed by atoms with Crippen molar-refractivity contribution in [1.82, 2.24) is 20.0 Å². The number of anilines is 1. The van der Waals surface area contributed by atoms with Crippen molar-refractivity contribution >= 4 is 29.0 Å². The van der Waals surface area contributed by atoms with Gasteiger partial charge in [-0.15, -0.1) is 0 Å². The summed E-state index contributed by atoms with van der Waals surface area (Å²) < 4.78 is 6.41. The van der Waals surface area contributed by atoms with Gasteiger partial charge in [0, 0.05) is 43.2 Å². The lowest BCUT2D eigenvalue weighted by atomic mass is 9.74. The summed E-state index contributed by atoms with van der Waals surface area (Å²) in [6, 6.07) is 5.01. The van der Waals surface area contributed by atoms with Crippen LogP contribution in [0.4, 0.5) is 5.69 Å². The third-order valence-corrected chi connectivity index (χ3v) is 10.4. The number of likely N-dealkylation sites (N-methyl/N-ethyl adjacent to an activating group) is 1. The molecule has 0 bridgehead atoms. The normalized spacial score (nSPS) is 37.6. The van der Waals surface area contributed by atoms with Gasteiger partial charge in [-0.2, -0.15) is 0 Å². The van der Waals surface area contributed by atoms with Crippen molar-refractivity contribution in [3.8, 4) is 0 Å². The highest BCUT2D eigenvalue weighted by Crippen LogP contribution is 2.50. The SMILES string of the molecule is CC(C)C1C(=O)N2CCCC2C2(O)OC(NC(=O)[C@H]3C=C4c5cccc6c5C(CN6)CC4N(C)C3)(C(C)C)C(=O)N12. The molecule has 7 atom stereocenters. The van der Waals surface area contributed by atoms with Crippen molar-refractivity contribution in [3.05, 3.63) is 35.4 Å². The molecule has 1 aromatic rings. The van der Waals surface area contributed by atoms with Gasteiger partial charge in [-0.3, -0.25) is 28.9 Å². The van der Waals surface area contributed by atoms with Crippen molar-refractivity contribution in [3.63, 3.8) is 0 Å². The Morgan fingerprint density at radius 2 is 2.00 bits per heavy atom. The zero-order chi connectivity index (χ0) is 29.0. The van der Waals surface area contributed by atoms with E-state index in [2.05, 4.69) is 46.9 Å². The van der Waals surface area contributed by atoms with Gasteiger partial charge in [-0.05, 0) is 55.0 Å². The Kier molecular flexibility index (Phi) is 5.92. The fourth-order valence-electron chi connectivity index (χ4n) is 8.36. The lowest BCUT2D eigenvalue weighted by molar-refractivity contribution is -0.323. The Bertz CT molecular complexity index is 1360. The topological polar surface area (TPSA) is 114 Å². The number of carbonyl (C=O) groups excluding carboxylic acids is 3. The highest BCUT2D eigenvalue weighted by Gasteiger charge is 2.72. The third kappa shape index (κ3) is 3.56. The molecule has 1 aliphatic carbocycles. The molecule has 0 radical (unpaired) electrons. The fourth-order valence-corrected chi connectivity index (χ4v) is 8.36. The number of nitrogens with one attached hydrogen (secondary N) is 2. The number of ether oxygens (including phenoxy) is 1. The highest BCUT2D eigenvalue weighted by atomic mass is 16.7. The van der Waals surface area contributed by atoms with E-state index in [-0.39, 0.29) is 23.8 Å². The molecule has 0 saturated carbocycles. The standard InChI is InChI=1S/C31H41N5O5/c1-16(2)26-28(38)35-11-7-10-24(35)31(40)36(26)29(39)30(41-31,17(3)4)33-27(37)19-12-21-20-8-6-9-22-25(20)18(14-32-22)13-23(21)34(5)15-19/h6,8-9,12,16-19,23-24,26,32,40H,7,10-11,13-15H2,1-5H3,(H,33,37)/t18?,19-,23?,24?,26?,30?,31?/m0/s1. The van der Waals surface area contributed by atoms with Crippen LogP contribution in [0.5, 0.6) is 0 Å². The predicted octanol–water partition coefficient (Wildman–Crippen LogP) is 1.92. The predicted molar refractivity (Wildman–Crippen MR) is 152 cm³/mol. The van der Waals surface area contributed by atoms with Gasteiger partial charge < -0.3 is 20.6 Å². The number of fused-ring (bicyclic) bond motifs is 5. The number of amides is 3. The van der Waals surface area contributed by atoms with Gasteiger partial charge in [0.25, 0.3) is 11.8 Å². The third-order valence-electron chi connectivity index (χ3n) is 10.4. The van der Waals surface area contributed by atoms with Crippen LogP contribution in [0.3, 0.4) is 0 Å². The Hall–Kier alpha value is -2.95. The van der Waals surface area contributed by atoms with Crippen molar-refractivity contribution in [2.24, 2.45) is 17.8 Å². The molecule has 3 fully saturated rings. The van der Waals surface area contributed by atoms with Crippen LogP contribution in [0.15, 0.2) is 24.3 Å². The minimum absolute atomic E-state index is 0.167. The quantitative estimate of drug-likeness (QED) is 0.513. The van der Waals surface area contributed by atoms with Gasteiger partial charge in [-0.25, -0.2) is 0 Å². The lowest BCUT2D eigenvalue weighted by Gasteiger charge is -2.49. The minimum atomic E-state index is -2.00. The summed E-state index contributed by atoms with van der Waals surface area (Å²) in [5, 5.41) is 18.6. The molecule has 1 aromatic carbocycles. The summed E-state index contributed by atoms with van der Waals surface area (Å²) in [5.74, 6) is -3.84. The maximum Gasteiger partial charge on any atom is 0.281 e. The summed E-state index contributed by atoms with van der Waals surface area (Å²) in [6.07, 6.45) is 4.31. The number of aliphatic hydroxyl groups is 1. The summed E-state index contributed by atoms with van der Waals surface area (Å²) in [6.45, 7) is 9.31. The zero-order valence-electron chi connectivity index (χ0n) is 24.5. The van der Waals surface area contributed by atoms with E-state index in [0.29, 0.717) is 25.4 Å². The van der Waals surface area contributed by atoms with Crippen LogP contribution in [0, 0.1) is 17.8 Å². The molecule has 220 valence electrons. The van der Waals surface area contributed by atoms with Gasteiger partial charge >= 0.3 is 0 Å². The summed E-state index contributed by atoms with van der Waals surface area (Å²) in [5.41, 5.74) is 3.06. The van der Waals surface area contributed by atoms with E-state index in [1.54, 1.807) is 4.90 Å². The van der Waals surface area contributed by atoms with E-state index in [4.69, 9.17) is 4.74 Å². The summed E-state index contributed by atoms with van der Waals surface area (Å²) in [4.78, 5) is 47.1. The smallest absolute Gasteiger partial charge is 0.281 e. The van der Waals surface area contributed by atoms with Crippen LogP contribution in [0.1, 0.15) is 64.0 Å².